The van der Waals surface area contributed by atoms with Gasteiger partial charge >= 0.3 is 15.5 Å². The van der Waals surface area contributed by atoms with Crippen molar-refractivity contribution in [2.75, 3.05) is 39.8 Å². The van der Waals surface area contributed by atoms with Gasteiger partial charge in [-0.15, -0.1) is 0 Å². The number of amides is 1. The molecular weight excluding hydrogens is 435 g/mol. The van der Waals surface area contributed by atoms with Crippen molar-refractivity contribution in [3.8, 4) is 5.75 Å². The summed E-state index contributed by atoms with van der Waals surface area (Å²) < 4.78 is 65.4. The molecule has 0 saturated carbocycles. The highest BCUT2D eigenvalue weighted by atomic mass is 35.5. The number of carbonyl (C=O) groups excluding carboxylic acids is 1. The summed E-state index contributed by atoms with van der Waals surface area (Å²) in [4.78, 5) is 14.2. The molecule has 1 aliphatic heterocycles. The van der Waals surface area contributed by atoms with Crippen LogP contribution in [0.25, 0.3) is 0 Å². The highest BCUT2D eigenvalue weighted by molar-refractivity contribution is 7.90. The van der Waals surface area contributed by atoms with Crippen molar-refractivity contribution in [3.63, 3.8) is 0 Å². The third kappa shape index (κ3) is 7.02. The summed E-state index contributed by atoms with van der Waals surface area (Å²) in [6.45, 7) is 1.57. The van der Waals surface area contributed by atoms with E-state index < -0.39 is 15.5 Å². The molecule has 1 saturated heterocycles. The van der Waals surface area contributed by atoms with Crippen molar-refractivity contribution < 1.29 is 31.1 Å². The molecule has 0 spiro atoms. The number of carbonyl (C=O) groups is 1. The van der Waals surface area contributed by atoms with Crippen molar-refractivity contribution in [1.29, 1.82) is 0 Å². The van der Waals surface area contributed by atoms with Crippen LogP contribution in [0.5, 0.6) is 5.75 Å². The van der Waals surface area contributed by atoms with E-state index in [2.05, 4.69) is 5.32 Å². The standard InChI is InChI=1S/C17H23ClF3N3O4S/c1-28-15-9-13(8-14(18)10-15)16(25)22-11-12-2-5-24(6-3-12)7-4-23-29(26,27)17(19,20)21/h8-10,12,23H,2-7,11H2,1H3,(H,22,25). The number of sulfonamides is 1. The number of hydrogen-bond donors (Lipinski definition) is 2. The van der Waals surface area contributed by atoms with Gasteiger partial charge in [0.1, 0.15) is 5.75 Å². The largest absolute Gasteiger partial charge is 0.511 e. The molecule has 29 heavy (non-hydrogen) atoms. The summed E-state index contributed by atoms with van der Waals surface area (Å²) in [6, 6.07) is 4.73. The number of piperidine rings is 1. The Morgan fingerprint density at radius 2 is 1.93 bits per heavy atom. The quantitative estimate of drug-likeness (QED) is 0.625. The predicted molar refractivity (Wildman–Crippen MR) is 102 cm³/mol. The number of likely N-dealkylation sites (tertiary alicyclic amines) is 1. The highest BCUT2D eigenvalue weighted by Crippen LogP contribution is 2.22. The maximum absolute atomic E-state index is 12.3. The Morgan fingerprint density at radius 3 is 2.52 bits per heavy atom. The van der Waals surface area contributed by atoms with Crippen molar-refractivity contribution in [2.24, 2.45) is 5.92 Å². The van der Waals surface area contributed by atoms with E-state index in [1.807, 2.05) is 4.90 Å². The summed E-state index contributed by atoms with van der Waals surface area (Å²) in [5, 5.41) is 3.25. The van der Waals surface area contributed by atoms with E-state index >= 15 is 0 Å². The van der Waals surface area contributed by atoms with Crippen molar-refractivity contribution in [3.05, 3.63) is 28.8 Å². The zero-order valence-electron chi connectivity index (χ0n) is 15.8. The number of alkyl halides is 3. The summed E-state index contributed by atoms with van der Waals surface area (Å²) in [7, 11) is -3.82. The van der Waals surface area contributed by atoms with Crippen LogP contribution in [0.1, 0.15) is 23.2 Å². The number of methoxy groups -OCH3 is 1. The second-order valence-electron chi connectivity index (χ2n) is 6.72. The first-order valence-corrected chi connectivity index (χ1v) is 10.8. The van der Waals surface area contributed by atoms with E-state index in [1.54, 1.807) is 22.9 Å². The first-order chi connectivity index (χ1) is 13.5. The normalized spacial score (nSPS) is 16.6. The maximum Gasteiger partial charge on any atom is 0.511 e. The van der Waals surface area contributed by atoms with Crippen LogP contribution in [0.4, 0.5) is 13.2 Å². The van der Waals surface area contributed by atoms with Gasteiger partial charge in [-0.05, 0) is 50.0 Å². The number of benzene rings is 1. The van der Waals surface area contributed by atoms with E-state index in [9.17, 15) is 26.4 Å². The minimum Gasteiger partial charge on any atom is -0.497 e. The lowest BCUT2D eigenvalue weighted by Crippen LogP contribution is -2.44. The smallest absolute Gasteiger partial charge is 0.497 e. The monoisotopic (exact) mass is 457 g/mol. The van der Waals surface area contributed by atoms with Gasteiger partial charge < -0.3 is 15.0 Å². The Hall–Kier alpha value is -1.56. The minimum absolute atomic E-state index is 0.191. The number of hydrogen-bond acceptors (Lipinski definition) is 5. The topological polar surface area (TPSA) is 87.7 Å². The average Bonchev–Trinajstić information content (AvgIpc) is 2.65. The van der Waals surface area contributed by atoms with Gasteiger partial charge in [-0.1, -0.05) is 11.6 Å². The molecule has 0 aromatic heterocycles. The van der Waals surface area contributed by atoms with Crippen LogP contribution in [0.15, 0.2) is 18.2 Å². The molecule has 0 bridgehead atoms. The lowest BCUT2D eigenvalue weighted by Gasteiger charge is -2.32. The molecule has 7 nitrogen and oxygen atoms in total. The summed E-state index contributed by atoms with van der Waals surface area (Å²) >= 11 is 5.96. The van der Waals surface area contributed by atoms with Gasteiger partial charge in [-0.2, -0.15) is 13.2 Å². The SMILES string of the molecule is COc1cc(Cl)cc(C(=O)NCC2CCN(CCNS(=O)(=O)C(F)(F)F)CC2)c1. The molecule has 1 aliphatic rings. The summed E-state index contributed by atoms with van der Waals surface area (Å²) in [5.74, 6) is 0.440. The molecule has 1 heterocycles. The fourth-order valence-corrected chi connectivity index (χ4v) is 3.73. The zero-order chi connectivity index (χ0) is 21.7. The number of ether oxygens (including phenoxy) is 1. The molecule has 0 atom stereocenters. The Labute approximate surface area is 172 Å². The molecule has 0 aliphatic carbocycles. The van der Waals surface area contributed by atoms with Crippen molar-refractivity contribution in [1.82, 2.24) is 14.9 Å². The van der Waals surface area contributed by atoms with E-state index in [4.69, 9.17) is 16.3 Å². The molecule has 1 aromatic carbocycles. The van der Waals surface area contributed by atoms with Gasteiger partial charge in [-0.25, -0.2) is 13.1 Å². The van der Waals surface area contributed by atoms with Gasteiger partial charge in [0.15, 0.2) is 0 Å². The van der Waals surface area contributed by atoms with Crippen LogP contribution in [0.2, 0.25) is 5.02 Å². The highest BCUT2D eigenvalue weighted by Gasteiger charge is 2.45. The molecular formula is C17H23ClF3N3O4S. The first kappa shape index (κ1) is 23.7. The zero-order valence-corrected chi connectivity index (χ0v) is 17.3. The van der Waals surface area contributed by atoms with Gasteiger partial charge in [0.05, 0.1) is 7.11 Å². The number of halogens is 4. The average molecular weight is 458 g/mol. The van der Waals surface area contributed by atoms with E-state index in [1.165, 1.54) is 7.11 Å². The predicted octanol–water partition coefficient (Wildman–Crippen LogP) is 2.23. The Morgan fingerprint density at radius 1 is 1.28 bits per heavy atom. The van der Waals surface area contributed by atoms with Crippen LogP contribution in [-0.2, 0) is 10.0 Å². The van der Waals surface area contributed by atoms with E-state index in [0.29, 0.717) is 36.0 Å². The van der Waals surface area contributed by atoms with Gasteiger partial charge in [0, 0.05) is 30.2 Å². The first-order valence-electron chi connectivity index (χ1n) is 8.93. The number of rotatable bonds is 8. The van der Waals surface area contributed by atoms with Crippen LogP contribution < -0.4 is 14.8 Å². The third-order valence-electron chi connectivity index (χ3n) is 4.65. The summed E-state index contributed by atoms with van der Waals surface area (Å²) in [5.41, 5.74) is -4.91. The fraction of sp³-hybridized carbons (Fsp3) is 0.588. The second-order valence-corrected chi connectivity index (χ2v) is 8.91. The third-order valence-corrected chi connectivity index (χ3v) is 6.06. The van der Waals surface area contributed by atoms with Gasteiger partial charge in [-0.3, -0.25) is 4.79 Å². The second kappa shape index (κ2) is 9.96. The lowest BCUT2D eigenvalue weighted by atomic mass is 9.96. The Balaban J connectivity index is 1.72. The molecule has 12 heteroatoms. The van der Waals surface area contributed by atoms with Gasteiger partial charge in [0.2, 0.25) is 0 Å². The van der Waals surface area contributed by atoms with Crippen LogP contribution in [-0.4, -0.2) is 64.6 Å². The molecule has 2 rings (SSSR count). The van der Waals surface area contributed by atoms with E-state index in [-0.39, 0.29) is 24.9 Å². The molecule has 0 radical (unpaired) electrons. The Bertz CT molecular complexity index is 813. The van der Waals surface area contributed by atoms with Crippen molar-refractivity contribution in [2.45, 2.75) is 18.3 Å². The Kier molecular flexibility index (Phi) is 8.15. The molecule has 0 unspecified atom stereocenters. The van der Waals surface area contributed by atoms with Gasteiger partial charge in [0.25, 0.3) is 5.91 Å². The summed E-state index contributed by atoms with van der Waals surface area (Å²) in [6.07, 6.45) is 1.48. The molecule has 1 aromatic rings. The number of nitrogens with zero attached hydrogens (tertiary/aromatic N) is 1. The molecule has 164 valence electrons. The minimum atomic E-state index is -5.30. The lowest BCUT2D eigenvalue weighted by molar-refractivity contribution is -0.0448. The van der Waals surface area contributed by atoms with Crippen LogP contribution in [0.3, 0.4) is 0 Å². The maximum atomic E-state index is 12.3. The fourth-order valence-electron chi connectivity index (χ4n) is 2.98. The van der Waals surface area contributed by atoms with Crippen molar-refractivity contribution >= 4 is 27.5 Å². The molecule has 1 amide bonds. The molecule has 2 N–H and O–H groups in total. The molecule has 1 fully saturated rings. The van der Waals surface area contributed by atoms with Crippen LogP contribution >= 0.6 is 11.6 Å². The number of nitrogens with one attached hydrogen (secondary N) is 2. The van der Waals surface area contributed by atoms with E-state index in [0.717, 1.165) is 12.8 Å². The van der Waals surface area contributed by atoms with Crippen LogP contribution in [0, 0.1) is 5.92 Å².